The highest BCUT2D eigenvalue weighted by Gasteiger charge is 2.42. The predicted molar refractivity (Wildman–Crippen MR) is 179 cm³/mol. The van der Waals surface area contributed by atoms with Crippen LogP contribution in [0.25, 0.3) is 11.4 Å². The maximum atomic E-state index is 14.4. The van der Waals surface area contributed by atoms with Crippen molar-refractivity contribution in [3.8, 4) is 5.75 Å². The highest BCUT2D eigenvalue weighted by atomic mass is 35.5. The SMILES string of the molecule is Cc1ncnc(C(=O)N2CCN(c3c4n(c5nc(C6=CCOCC6)nn5c3=O)[C@H](C(=O)Nc3ccc(C(F)(F)F)cc3Cl)C[C@H]4C)C[C@H]2C)c1O. The molecule has 0 aliphatic carbocycles. The predicted octanol–water partition coefficient (Wildman–Crippen LogP) is 4.21. The third kappa shape index (κ3) is 6.07. The molecule has 0 spiro atoms. The molecule has 6 heterocycles. The van der Waals surface area contributed by atoms with Gasteiger partial charge in [-0.2, -0.15) is 22.7 Å². The van der Waals surface area contributed by atoms with Crippen LogP contribution in [0.2, 0.25) is 5.02 Å². The van der Waals surface area contributed by atoms with Crippen molar-refractivity contribution < 1.29 is 32.6 Å². The molecule has 2 N–H and O–H groups in total. The van der Waals surface area contributed by atoms with E-state index in [1.165, 1.54) is 10.8 Å². The number of amides is 2. The monoisotopic (exact) mass is 727 g/mol. The lowest BCUT2D eigenvalue weighted by atomic mass is 10.0. The minimum atomic E-state index is -4.61. The Bertz CT molecular complexity index is 2170. The second kappa shape index (κ2) is 12.9. The first kappa shape index (κ1) is 34.4. The zero-order valence-electron chi connectivity index (χ0n) is 27.7. The Balaban J connectivity index is 1.28. The number of fused-ring (bicyclic) bond motifs is 3. The Labute approximate surface area is 293 Å². The van der Waals surface area contributed by atoms with Gasteiger partial charge in [0.25, 0.3) is 11.5 Å². The maximum absolute atomic E-state index is 14.4. The summed E-state index contributed by atoms with van der Waals surface area (Å²) in [6.07, 6.45) is -0.798. The summed E-state index contributed by atoms with van der Waals surface area (Å²) in [6, 6.07) is 1.34. The molecular formula is C33H33ClF3N9O5. The first-order chi connectivity index (χ1) is 24.2. The minimum Gasteiger partial charge on any atom is -0.504 e. The molecule has 3 atom stereocenters. The number of nitrogens with zero attached hydrogens (tertiary/aromatic N) is 8. The normalized spacial score (nSPS) is 20.8. The van der Waals surface area contributed by atoms with E-state index >= 15 is 0 Å². The van der Waals surface area contributed by atoms with E-state index in [9.17, 15) is 32.7 Å². The third-order valence-corrected chi connectivity index (χ3v) is 9.89. The van der Waals surface area contributed by atoms with E-state index in [0.717, 1.165) is 23.8 Å². The summed E-state index contributed by atoms with van der Waals surface area (Å²) >= 11 is 6.19. The lowest BCUT2D eigenvalue weighted by Crippen LogP contribution is -2.55. The van der Waals surface area contributed by atoms with E-state index in [4.69, 9.17) is 21.3 Å². The van der Waals surface area contributed by atoms with Gasteiger partial charge in [0.1, 0.15) is 18.1 Å². The van der Waals surface area contributed by atoms with Gasteiger partial charge in [-0.05, 0) is 50.5 Å². The minimum absolute atomic E-state index is 0.00195. The Morgan fingerprint density at radius 3 is 2.63 bits per heavy atom. The van der Waals surface area contributed by atoms with E-state index < -0.39 is 41.2 Å². The van der Waals surface area contributed by atoms with Crippen LogP contribution in [0.4, 0.5) is 24.5 Å². The highest BCUT2D eigenvalue weighted by Crippen LogP contribution is 2.43. The number of ether oxygens (including phenoxy) is 1. The van der Waals surface area contributed by atoms with Crippen LogP contribution >= 0.6 is 11.6 Å². The number of hydrogen-bond acceptors (Lipinski definition) is 10. The van der Waals surface area contributed by atoms with Crippen LogP contribution in [-0.4, -0.2) is 89.8 Å². The van der Waals surface area contributed by atoms with E-state index in [1.807, 2.05) is 24.8 Å². The van der Waals surface area contributed by atoms with Crippen molar-refractivity contribution in [1.82, 2.24) is 34.0 Å². The first-order valence-corrected chi connectivity index (χ1v) is 16.7. The van der Waals surface area contributed by atoms with Gasteiger partial charge in [0, 0.05) is 31.6 Å². The molecule has 0 unspecified atom stereocenters. The van der Waals surface area contributed by atoms with Gasteiger partial charge in [0.05, 0.1) is 40.9 Å². The molecule has 3 aliphatic rings. The molecule has 1 aromatic carbocycles. The van der Waals surface area contributed by atoms with Gasteiger partial charge in [-0.25, -0.2) is 9.97 Å². The van der Waals surface area contributed by atoms with Crippen LogP contribution in [0, 0.1) is 6.92 Å². The lowest BCUT2D eigenvalue weighted by molar-refractivity contribution is -0.137. The zero-order chi connectivity index (χ0) is 36.4. The van der Waals surface area contributed by atoms with Crippen LogP contribution in [0.1, 0.15) is 71.9 Å². The summed E-state index contributed by atoms with van der Waals surface area (Å²) in [7, 11) is 0. The van der Waals surface area contributed by atoms with Crippen molar-refractivity contribution in [3.63, 3.8) is 0 Å². The van der Waals surface area contributed by atoms with Gasteiger partial charge >= 0.3 is 6.18 Å². The molecule has 3 aliphatic heterocycles. The average molecular weight is 728 g/mol. The van der Waals surface area contributed by atoms with E-state index in [1.54, 1.807) is 16.4 Å². The summed E-state index contributed by atoms with van der Waals surface area (Å²) in [5, 5.41) is 17.5. The van der Waals surface area contributed by atoms with Crippen LogP contribution in [0.5, 0.6) is 5.75 Å². The number of aryl methyl sites for hydroxylation is 1. The second-order valence-electron chi connectivity index (χ2n) is 12.9. The topological polar surface area (TPSA) is 160 Å². The molecule has 4 aromatic rings. The largest absolute Gasteiger partial charge is 0.504 e. The molecule has 51 heavy (non-hydrogen) atoms. The third-order valence-electron chi connectivity index (χ3n) is 9.58. The Morgan fingerprint density at radius 1 is 1.16 bits per heavy atom. The number of halogens is 4. The van der Waals surface area contributed by atoms with Gasteiger partial charge in [0.15, 0.2) is 17.3 Å². The lowest BCUT2D eigenvalue weighted by Gasteiger charge is -2.41. The molecule has 268 valence electrons. The van der Waals surface area contributed by atoms with E-state index in [-0.39, 0.29) is 65.6 Å². The van der Waals surface area contributed by atoms with Crippen LogP contribution in [0.15, 0.2) is 35.4 Å². The molecule has 3 aromatic heterocycles. The fraction of sp³-hybridized carbons (Fsp3) is 0.424. The number of aromatic nitrogens is 6. The fourth-order valence-electron chi connectivity index (χ4n) is 6.98. The molecule has 1 saturated heterocycles. The number of rotatable bonds is 5. The Hall–Kier alpha value is -5.03. The summed E-state index contributed by atoms with van der Waals surface area (Å²) in [5.74, 6) is -1.21. The number of piperazine rings is 1. The van der Waals surface area contributed by atoms with Crippen molar-refractivity contribution in [2.45, 2.75) is 57.8 Å². The molecule has 2 amide bonds. The molecule has 1 fully saturated rings. The van der Waals surface area contributed by atoms with Gasteiger partial charge < -0.3 is 25.0 Å². The first-order valence-electron chi connectivity index (χ1n) is 16.3. The number of nitrogens with one attached hydrogen (secondary N) is 1. The van der Waals surface area contributed by atoms with E-state index in [2.05, 4.69) is 20.4 Å². The molecule has 7 rings (SSSR count). The summed E-state index contributed by atoms with van der Waals surface area (Å²) in [5.41, 5.74) is 0.392. The van der Waals surface area contributed by atoms with Crippen LogP contribution < -0.4 is 15.8 Å². The van der Waals surface area contributed by atoms with Crippen molar-refractivity contribution in [2.24, 2.45) is 0 Å². The Morgan fingerprint density at radius 2 is 1.94 bits per heavy atom. The molecular weight excluding hydrogens is 695 g/mol. The molecule has 0 bridgehead atoms. The standard InChI is InChI=1S/C33H33ClF3N9O5/c1-16-12-23(29(48)40-22-5-4-20(13-21(22)34)33(35,36)37)45-25(16)26(31(50)46-32(45)41-28(42-46)19-6-10-51-11-7-19)43-8-9-44(17(2)14-43)30(49)24-27(47)18(3)38-15-39-24/h4-6,13,15-17,23,47H,7-12,14H2,1-3H3,(H,40,48)/t16-,17-,23+/m1/s1. The van der Waals surface area contributed by atoms with Gasteiger partial charge in [-0.1, -0.05) is 24.6 Å². The molecule has 0 radical (unpaired) electrons. The quantitative estimate of drug-likeness (QED) is 0.305. The number of carbonyl (C=O) groups excluding carboxylic acids is 2. The van der Waals surface area contributed by atoms with Crippen LogP contribution in [0.3, 0.4) is 0 Å². The summed E-state index contributed by atoms with van der Waals surface area (Å²) in [4.78, 5) is 57.9. The number of benzene rings is 1. The van der Waals surface area contributed by atoms with E-state index in [0.29, 0.717) is 36.8 Å². The molecule has 18 heteroatoms. The molecule has 14 nitrogen and oxygen atoms in total. The number of hydrogen-bond donors (Lipinski definition) is 2. The fourth-order valence-corrected chi connectivity index (χ4v) is 7.20. The number of alkyl halides is 3. The average Bonchev–Trinajstić information content (AvgIpc) is 3.69. The highest BCUT2D eigenvalue weighted by molar-refractivity contribution is 6.33. The number of anilines is 2. The molecule has 0 saturated carbocycles. The maximum Gasteiger partial charge on any atom is 0.416 e. The Kier molecular flexibility index (Phi) is 8.73. The zero-order valence-corrected chi connectivity index (χ0v) is 28.5. The van der Waals surface area contributed by atoms with Crippen molar-refractivity contribution in [2.75, 3.05) is 43.1 Å². The smallest absolute Gasteiger partial charge is 0.416 e. The van der Waals surface area contributed by atoms with Gasteiger partial charge in [0.2, 0.25) is 11.7 Å². The van der Waals surface area contributed by atoms with Gasteiger partial charge in [-0.3, -0.25) is 19.0 Å². The number of carbonyl (C=O) groups is 2. The van der Waals surface area contributed by atoms with Crippen molar-refractivity contribution in [1.29, 1.82) is 0 Å². The van der Waals surface area contributed by atoms with Crippen molar-refractivity contribution >= 4 is 46.1 Å². The van der Waals surface area contributed by atoms with Crippen molar-refractivity contribution in [3.05, 3.63) is 74.4 Å². The summed E-state index contributed by atoms with van der Waals surface area (Å²) in [6.45, 7) is 6.75. The number of aromatic hydroxyl groups is 1. The second-order valence-corrected chi connectivity index (χ2v) is 13.3. The van der Waals surface area contributed by atoms with Gasteiger partial charge in [-0.15, -0.1) is 5.10 Å². The summed E-state index contributed by atoms with van der Waals surface area (Å²) < 4.78 is 48.1. The van der Waals surface area contributed by atoms with Crippen LogP contribution in [-0.2, 0) is 15.7 Å².